The largest absolute Gasteiger partial charge is 0.292 e. The quantitative estimate of drug-likeness (QED) is 0.495. The third kappa shape index (κ3) is 3.11. The summed E-state index contributed by atoms with van der Waals surface area (Å²) in [5, 5.41) is 0. The third-order valence-electron chi connectivity index (χ3n) is 4.68. The fourth-order valence-corrected chi connectivity index (χ4v) is 4.48. The molecule has 0 radical (unpaired) electrons. The number of pyridine rings is 1. The Hall–Kier alpha value is -2.71. The zero-order valence-electron chi connectivity index (χ0n) is 14.9. The average Bonchev–Trinajstić information content (AvgIpc) is 3.15. The van der Waals surface area contributed by atoms with Crippen molar-refractivity contribution in [2.24, 2.45) is 0 Å². The van der Waals surface area contributed by atoms with E-state index in [4.69, 9.17) is 0 Å². The lowest BCUT2D eigenvalue weighted by Crippen LogP contribution is -2.25. The number of sulfonamides is 1. The van der Waals surface area contributed by atoms with Gasteiger partial charge in [-0.15, -0.1) is 0 Å². The summed E-state index contributed by atoms with van der Waals surface area (Å²) in [4.78, 5) is 17.4. The zero-order valence-corrected chi connectivity index (χ0v) is 15.7. The van der Waals surface area contributed by atoms with Crippen LogP contribution < -0.4 is 10.3 Å². The number of nitrogens with zero attached hydrogens (tertiary/aromatic N) is 3. The summed E-state index contributed by atoms with van der Waals surface area (Å²) in [6.07, 6.45) is 1.33. The Balaban J connectivity index is 1.43. The van der Waals surface area contributed by atoms with Gasteiger partial charge in [0.2, 0.25) is 10.0 Å². The van der Waals surface area contributed by atoms with Crippen LogP contribution in [0, 0.1) is 6.92 Å². The smallest absolute Gasteiger partial charge is 0.278 e. The van der Waals surface area contributed by atoms with E-state index in [0.29, 0.717) is 31.4 Å². The number of nitrogens with one attached hydrogen (secondary N) is 1. The summed E-state index contributed by atoms with van der Waals surface area (Å²) >= 11 is 0. The van der Waals surface area contributed by atoms with Gasteiger partial charge in [-0.25, -0.2) is 18.1 Å². The highest BCUT2D eigenvalue weighted by molar-refractivity contribution is 7.89. The van der Waals surface area contributed by atoms with Gasteiger partial charge in [-0.2, -0.15) is 0 Å². The van der Waals surface area contributed by atoms with E-state index in [1.807, 2.05) is 29.5 Å². The number of hydrogen-bond donors (Lipinski definition) is 1. The minimum atomic E-state index is -3.49. The summed E-state index contributed by atoms with van der Waals surface area (Å²) in [5.41, 5.74) is 2.88. The van der Waals surface area contributed by atoms with Crippen LogP contribution in [0.2, 0.25) is 0 Å². The first-order valence-electron chi connectivity index (χ1n) is 8.84. The molecule has 1 N–H and O–H groups in total. The molecular formula is C19H20N4O3S. The highest BCUT2D eigenvalue weighted by Crippen LogP contribution is 2.17. The molecule has 0 unspecified atom stereocenters. The molecule has 4 rings (SSSR count). The molecule has 8 heteroatoms. The Morgan fingerprint density at radius 2 is 1.81 bits per heavy atom. The van der Waals surface area contributed by atoms with E-state index in [-0.39, 0.29) is 10.5 Å². The molecule has 0 amide bonds. The number of aromatic nitrogens is 3. The van der Waals surface area contributed by atoms with Crippen molar-refractivity contribution >= 4 is 26.8 Å². The van der Waals surface area contributed by atoms with Gasteiger partial charge in [0.15, 0.2) is 0 Å². The maximum atomic E-state index is 12.7. The molecule has 0 saturated carbocycles. The summed E-state index contributed by atoms with van der Waals surface area (Å²) in [6, 6.07) is 14.0. The molecular weight excluding hydrogens is 364 g/mol. The van der Waals surface area contributed by atoms with Crippen LogP contribution in [-0.4, -0.2) is 28.9 Å². The fraction of sp³-hybridized carbons (Fsp3) is 0.263. The van der Waals surface area contributed by atoms with Gasteiger partial charge in [0.05, 0.1) is 10.6 Å². The second kappa shape index (κ2) is 6.79. The number of imidazole rings is 2. The number of aryl methyl sites for hydroxylation is 2. The van der Waals surface area contributed by atoms with E-state index in [1.54, 1.807) is 34.9 Å². The topological polar surface area (TPSA) is 85.5 Å². The molecule has 0 atom stereocenters. The molecule has 0 aliphatic carbocycles. The first-order valence-corrected chi connectivity index (χ1v) is 10.3. The molecule has 3 heterocycles. The molecule has 4 aromatic rings. The van der Waals surface area contributed by atoms with Crippen molar-refractivity contribution in [3.05, 3.63) is 64.6 Å². The lowest BCUT2D eigenvalue weighted by molar-refractivity contribution is 0.567. The van der Waals surface area contributed by atoms with Crippen LogP contribution in [0.5, 0.6) is 0 Å². The predicted molar refractivity (Wildman–Crippen MR) is 104 cm³/mol. The van der Waals surface area contributed by atoms with Crippen molar-refractivity contribution in [2.75, 3.05) is 6.54 Å². The van der Waals surface area contributed by atoms with Gasteiger partial charge in [-0.1, -0.05) is 24.3 Å². The highest BCUT2D eigenvalue weighted by Gasteiger charge is 2.17. The van der Waals surface area contributed by atoms with Gasteiger partial charge < -0.3 is 0 Å². The van der Waals surface area contributed by atoms with Crippen LogP contribution in [0.3, 0.4) is 0 Å². The van der Waals surface area contributed by atoms with E-state index in [2.05, 4.69) is 9.71 Å². The van der Waals surface area contributed by atoms with E-state index >= 15 is 0 Å². The summed E-state index contributed by atoms with van der Waals surface area (Å²) in [6.45, 7) is 2.70. The standard InChI is InChI=1S/C19H20N4O3S/c1-14-18-19(24)22(17-11-7-10-16(21-14)23(17)18)13-6-5-12-20-27(25,26)15-8-3-2-4-9-15/h2-4,7-11,20H,5-6,12-13H2,1H3. The van der Waals surface area contributed by atoms with Gasteiger partial charge in [0, 0.05) is 13.1 Å². The van der Waals surface area contributed by atoms with Crippen LogP contribution in [0.15, 0.2) is 58.2 Å². The van der Waals surface area contributed by atoms with Crippen molar-refractivity contribution in [1.29, 1.82) is 0 Å². The summed E-state index contributed by atoms with van der Waals surface area (Å²) in [5.74, 6) is 0. The average molecular weight is 384 g/mol. The molecule has 1 aromatic carbocycles. The number of benzene rings is 1. The SMILES string of the molecule is Cc1nc2cccc3n(CCCCNS(=O)(=O)c4ccccc4)c(=O)c1n23. The second-order valence-corrected chi connectivity index (χ2v) is 8.27. The lowest BCUT2D eigenvalue weighted by atomic mass is 10.3. The van der Waals surface area contributed by atoms with E-state index in [0.717, 1.165) is 17.0 Å². The van der Waals surface area contributed by atoms with Gasteiger partial charge in [0.1, 0.15) is 16.8 Å². The lowest BCUT2D eigenvalue weighted by Gasteiger charge is -2.07. The minimum Gasteiger partial charge on any atom is -0.292 e. The van der Waals surface area contributed by atoms with Crippen LogP contribution in [0.25, 0.3) is 16.8 Å². The summed E-state index contributed by atoms with van der Waals surface area (Å²) < 4.78 is 30.6. The molecule has 0 saturated heterocycles. The number of rotatable bonds is 7. The van der Waals surface area contributed by atoms with Crippen LogP contribution in [-0.2, 0) is 16.6 Å². The Morgan fingerprint density at radius 1 is 1.04 bits per heavy atom. The van der Waals surface area contributed by atoms with Crippen molar-refractivity contribution in [3.8, 4) is 0 Å². The van der Waals surface area contributed by atoms with Crippen molar-refractivity contribution < 1.29 is 8.42 Å². The zero-order chi connectivity index (χ0) is 19.0. The molecule has 0 fully saturated rings. The molecule has 140 valence electrons. The number of hydrogen-bond acceptors (Lipinski definition) is 4. The first-order chi connectivity index (χ1) is 13.0. The Labute approximate surface area is 156 Å². The Kier molecular flexibility index (Phi) is 4.45. The second-order valence-electron chi connectivity index (χ2n) is 6.50. The molecule has 7 nitrogen and oxygen atoms in total. The minimum absolute atomic E-state index is 0.0499. The van der Waals surface area contributed by atoms with E-state index < -0.39 is 10.0 Å². The fourth-order valence-electron chi connectivity index (χ4n) is 3.38. The van der Waals surface area contributed by atoms with Crippen molar-refractivity contribution in [3.63, 3.8) is 0 Å². The monoisotopic (exact) mass is 384 g/mol. The van der Waals surface area contributed by atoms with Gasteiger partial charge in [0.25, 0.3) is 5.56 Å². The highest BCUT2D eigenvalue weighted by atomic mass is 32.2. The van der Waals surface area contributed by atoms with Crippen LogP contribution >= 0.6 is 0 Å². The normalized spacial score (nSPS) is 12.3. The van der Waals surface area contributed by atoms with Crippen LogP contribution in [0.1, 0.15) is 18.5 Å². The van der Waals surface area contributed by atoms with Gasteiger partial charge in [-0.05, 0) is 44.0 Å². The molecule has 3 aromatic heterocycles. The summed E-state index contributed by atoms with van der Waals surface area (Å²) in [7, 11) is -3.49. The Bertz CT molecular complexity index is 1240. The van der Waals surface area contributed by atoms with Crippen LogP contribution in [0.4, 0.5) is 0 Å². The van der Waals surface area contributed by atoms with Crippen molar-refractivity contribution in [2.45, 2.75) is 31.2 Å². The third-order valence-corrected chi connectivity index (χ3v) is 6.15. The number of unbranched alkanes of at least 4 members (excludes halogenated alkanes) is 1. The van der Waals surface area contributed by atoms with E-state index in [1.165, 1.54) is 0 Å². The molecule has 0 spiro atoms. The van der Waals surface area contributed by atoms with Gasteiger partial charge in [-0.3, -0.25) is 13.8 Å². The predicted octanol–water partition coefficient (Wildman–Crippen LogP) is 2.15. The van der Waals surface area contributed by atoms with Gasteiger partial charge >= 0.3 is 0 Å². The Morgan fingerprint density at radius 3 is 2.59 bits per heavy atom. The molecule has 0 bridgehead atoms. The maximum Gasteiger partial charge on any atom is 0.278 e. The van der Waals surface area contributed by atoms with E-state index in [9.17, 15) is 13.2 Å². The molecule has 0 aliphatic rings. The molecule has 27 heavy (non-hydrogen) atoms. The van der Waals surface area contributed by atoms with Crippen molar-refractivity contribution in [1.82, 2.24) is 18.7 Å². The molecule has 0 aliphatic heterocycles. The maximum absolute atomic E-state index is 12.7. The first kappa shape index (κ1) is 17.7.